The van der Waals surface area contributed by atoms with Gasteiger partial charge < -0.3 is 0 Å². The fraction of sp³-hybridized carbons (Fsp3) is 0.296. The number of aryl methyl sites for hydroxylation is 3. The molecule has 0 unspecified atom stereocenters. The zero-order valence-electron chi connectivity index (χ0n) is 18.3. The molecular formula is C27H31NSi. The maximum absolute atomic E-state index is 4.33. The topological polar surface area (TPSA) is 12.9 Å². The molecule has 0 spiro atoms. The largest absolute Gasteiger partial charge is 0.262 e. The van der Waals surface area contributed by atoms with Crippen LogP contribution < -0.4 is 0 Å². The second-order valence-electron chi connectivity index (χ2n) is 8.88. The number of nitrogens with zero attached hydrogens (tertiary/aromatic N) is 1. The van der Waals surface area contributed by atoms with Crippen LogP contribution in [0.25, 0.3) is 0 Å². The van der Waals surface area contributed by atoms with Crippen LogP contribution in [0.5, 0.6) is 0 Å². The van der Waals surface area contributed by atoms with E-state index >= 15 is 0 Å². The van der Waals surface area contributed by atoms with Gasteiger partial charge in [0.1, 0.15) is 8.07 Å². The van der Waals surface area contributed by atoms with Gasteiger partial charge in [0, 0.05) is 23.4 Å². The lowest BCUT2D eigenvalue weighted by atomic mass is 9.84. The highest BCUT2D eigenvalue weighted by Crippen LogP contribution is 2.31. The third-order valence-electron chi connectivity index (χ3n) is 5.14. The first kappa shape index (κ1) is 21.1. The van der Waals surface area contributed by atoms with E-state index in [1.54, 1.807) is 0 Å². The molecule has 3 rings (SSSR count). The van der Waals surface area contributed by atoms with Gasteiger partial charge in [-0.1, -0.05) is 62.0 Å². The summed E-state index contributed by atoms with van der Waals surface area (Å²) in [5.41, 5.74) is 11.1. The highest BCUT2D eigenvalue weighted by atomic mass is 28.3. The summed E-state index contributed by atoms with van der Waals surface area (Å²) in [5, 5.41) is 0. The van der Waals surface area contributed by atoms with Gasteiger partial charge in [0.15, 0.2) is 0 Å². The van der Waals surface area contributed by atoms with E-state index < -0.39 is 8.07 Å². The molecule has 148 valence electrons. The molecule has 0 aliphatic heterocycles. The fourth-order valence-electron chi connectivity index (χ4n) is 3.61. The first-order chi connectivity index (χ1) is 13.8. The van der Waals surface area contributed by atoms with Crippen molar-refractivity contribution in [3.05, 3.63) is 100 Å². The van der Waals surface area contributed by atoms with Gasteiger partial charge in [-0.25, -0.2) is 0 Å². The molecular weight excluding hydrogens is 366 g/mol. The first-order valence-corrected chi connectivity index (χ1v) is 13.9. The summed E-state index contributed by atoms with van der Waals surface area (Å²) in [6, 6.07) is 22.0. The molecule has 29 heavy (non-hydrogen) atoms. The third kappa shape index (κ3) is 6.17. The SMILES string of the molecule is Cc1cc(CC[C@H](c2ccc(C#C[Si](C)(C)C)cc2)c2ccccc2C)ccn1. The van der Waals surface area contributed by atoms with Gasteiger partial charge in [-0.2, -0.15) is 0 Å². The minimum atomic E-state index is -1.36. The smallest absolute Gasteiger partial charge is 0.129 e. The van der Waals surface area contributed by atoms with Crippen molar-refractivity contribution in [2.24, 2.45) is 0 Å². The molecule has 1 aromatic heterocycles. The van der Waals surface area contributed by atoms with Crippen LogP contribution in [0.2, 0.25) is 19.6 Å². The van der Waals surface area contributed by atoms with Crippen molar-refractivity contribution in [3.8, 4) is 11.5 Å². The van der Waals surface area contributed by atoms with E-state index in [0.29, 0.717) is 5.92 Å². The van der Waals surface area contributed by atoms with E-state index in [9.17, 15) is 0 Å². The molecule has 0 radical (unpaired) electrons. The average Bonchev–Trinajstić information content (AvgIpc) is 2.68. The van der Waals surface area contributed by atoms with Gasteiger partial charge in [-0.05, 0) is 73.2 Å². The molecule has 2 aromatic carbocycles. The Morgan fingerprint density at radius 3 is 2.31 bits per heavy atom. The lowest BCUT2D eigenvalue weighted by Gasteiger charge is -2.20. The number of rotatable bonds is 5. The van der Waals surface area contributed by atoms with Gasteiger partial charge in [-0.3, -0.25) is 4.98 Å². The van der Waals surface area contributed by atoms with Crippen molar-refractivity contribution < 1.29 is 0 Å². The molecule has 0 aliphatic rings. The van der Waals surface area contributed by atoms with Crippen LogP contribution in [0.1, 0.15) is 45.8 Å². The maximum Gasteiger partial charge on any atom is 0.129 e. The van der Waals surface area contributed by atoms with Crippen LogP contribution in [-0.2, 0) is 6.42 Å². The van der Waals surface area contributed by atoms with E-state index in [1.165, 1.54) is 22.3 Å². The molecule has 0 aliphatic carbocycles. The lowest BCUT2D eigenvalue weighted by Crippen LogP contribution is -2.16. The van der Waals surface area contributed by atoms with Gasteiger partial charge in [-0.15, -0.1) is 5.54 Å². The quantitative estimate of drug-likeness (QED) is 0.345. The summed E-state index contributed by atoms with van der Waals surface area (Å²) in [7, 11) is -1.36. The second kappa shape index (κ2) is 9.24. The van der Waals surface area contributed by atoms with Crippen molar-refractivity contribution in [1.29, 1.82) is 0 Å². The third-order valence-corrected chi connectivity index (χ3v) is 6.02. The van der Waals surface area contributed by atoms with Crippen molar-refractivity contribution in [2.75, 3.05) is 0 Å². The predicted octanol–water partition coefficient (Wildman–Crippen LogP) is 6.69. The number of pyridine rings is 1. The molecule has 0 saturated carbocycles. The Bertz CT molecular complexity index is 1020. The highest BCUT2D eigenvalue weighted by Gasteiger charge is 2.16. The van der Waals surface area contributed by atoms with Crippen LogP contribution >= 0.6 is 0 Å². The number of hydrogen-bond donors (Lipinski definition) is 0. The van der Waals surface area contributed by atoms with Crippen molar-refractivity contribution in [2.45, 2.75) is 52.2 Å². The standard InChI is InChI=1S/C27H31NSi/c1-21-8-6-7-9-26(21)27(15-12-24-16-18-28-22(2)20-24)25-13-10-23(11-14-25)17-19-29(3,4)5/h6-11,13-14,16,18,20,27H,12,15H2,1-5H3/t27-/m1/s1. The zero-order chi connectivity index (χ0) is 20.9. The van der Waals surface area contributed by atoms with E-state index in [2.05, 4.69) is 111 Å². The van der Waals surface area contributed by atoms with E-state index in [4.69, 9.17) is 0 Å². The lowest BCUT2D eigenvalue weighted by molar-refractivity contribution is 0.710. The van der Waals surface area contributed by atoms with E-state index in [1.807, 2.05) is 6.20 Å². The predicted molar refractivity (Wildman–Crippen MR) is 127 cm³/mol. The minimum absolute atomic E-state index is 0.378. The second-order valence-corrected chi connectivity index (χ2v) is 13.6. The number of aromatic nitrogens is 1. The molecule has 0 saturated heterocycles. The highest BCUT2D eigenvalue weighted by molar-refractivity contribution is 6.83. The Morgan fingerprint density at radius 2 is 1.66 bits per heavy atom. The maximum atomic E-state index is 4.33. The number of benzene rings is 2. The Kier molecular flexibility index (Phi) is 6.72. The zero-order valence-corrected chi connectivity index (χ0v) is 19.3. The van der Waals surface area contributed by atoms with Crippen LogP contribution in [0.4, 0.5) is 0 Å². The number of hydrogen-bond acceptors (Lipinski definition) is 1. The summed E-state index contributed by atoms with van der Waals surface area (Å²) < 4.78 is 0. The first-order valence-electron chi connectivity index (χ1n) is 10.4. The van der Waals surface area contributed by atoms with Gasteiger partial charge >= 0.3 is 0 Å². The van der Waals surface area contributed by atoms with E-state index in [-0.39, 0.29) is 0 Å². The molecule has 1 nitrogen and oxygen atoms in total. The van der Waals surface area contributed by atoms with Crippen molar-refractivity contribution in [1.82, 2.24) is 4.98 Å². The molecule has 0 bridgehead atoms. The molecule has 0 fully saturated rings. The Balaban J connectivity index is 1.88. The Morgan fingerprint density at radius 1 is 0.931 bits per heavy atom. The van der Waals surface area contributed by atoms with Crippen LogP contribution in [-0.4, -0.2) is 13.1 Å². The van der Waals surface area contributed by atoms with Gasteiger partial charge in [0.05, 0.1) is 0 Å². The molecule has 1 heterocycles. The molecule has 1 atom stereocenters. The summed E-state index contributed by atoms with van der Waals surface area (Å²) in [6.07, 6.45) is 4.03. The summed E-state index contributed by atoms with van der Waals surface area (Å²) >= 11 is 0. The van der Waals surface area contributed by atoms with Crippen LogP contribution in [0, 0.1) is 25.3 Å². The summed E-state index contributed by atoms with van der Waals surface area (Å²) in [6.45, 7) is 11.1. The molecule has 0 amide bonds. The Labute approximate surface area is 177 Å². The van der Waals surface area contributed by atoms with Gasteiger partial charge in [0.25, 0.3) is 0 Å². The normalized spacial score (nSPS) is 12.2. The van der Waals surface area contributed by atoms with Gasteiger partial charge in [0.2, 0.25) is 0 Å². The van der Waals surface area contributed by atoms with Crippen LogP contribution in [0.3, 0.4) is 0 Å². The summed E-state index contributed by atoms with van der Waals surface area (Å²) in [5.74, 6) is 3.75. The molecule has 0 N–H and O–H groups in total. The summed E-state index contributed by atoms with van der Waals surface area (Å²) in [4.78, 5) is 4.33. The minimum Gasteiger partial charge on any atom is -0.262 e. The van der Waals surface area contributed by atoms with Crippen molar-refractivity contribution in [3.63, 3.8) is 0 Å². The van der Waals surface area contributed by atoms with E-state index in [0.717, 1.165) is 24.1 Å². The van der Waals surface area contributed by atoms with Crippen LogP contribution in [0.15, 0.2) is 66.9 Å². The monoisotopic (exact) mass is 397 g/mol. The molecule has 2 heteroatoms. The fourth-order valence-corrected chi connectivity index (χ4v) is 4.13. The van der Waals surface area contributed by atoms with Crippen molar-refractivity contribution >= 4 is 8.07 Å². The molecule has 3 aromatic rings. The Hall–Kier alpha value is -2.63. The average molecular weight is 398 g/mol.